The molecule has 0 atom stereocenters. The summed E-state index contributed by atoms with van der Waals surface area (Å²) >= 11 is 0. The lowest BCUT2D eigenvalue weighted by Crippen LogP contribution is -2.35. The minimum atomic E-state index is -0.0722. The maximum absolute atomic E-state index is 12.6. The molecule has 0 spiro atoms. The first-order valence-corrected chi connectivity index (χ1v) is 8.56. The number of aryl methyl sites for hydroxylation is 1. The summed E-state index contributed by atoms with van der Waals surface area (Å²) < 4.78 is 1.72. The van der Waals surface area contributed by atoms with E-state index in [0.717, 1.165) is 47.6 Å². The molecule has 0 fully saturated rings. The Bertz CT molecular complexity index is 1000. The maximum atomic E-state index is 12.6. The summed E-state index contributed by atoms with van der Waals surface area (Å²) in [6.07, 6.45) is 7.82. The summed E-state index contributed by atoms with van der Waals surface area (Å²) in [5.74, 6) is 0.582. The highest BCUT2D eigenvalue weighted by Crippen LogP contribution is 2.20. The fourth-order valence-electron chi connectivity index (χ4n) is 3.26. The molecule has 1 aliphatic heterocycles. The Morgan fingerprint density at radius 3 is 3.04 bits per heavy atom. The number of hydrogen-bond donors (Lipinski definition) is 1. The predicted octanol–water partition coefficient (Wildman–Crippen LogP) is 2.00. The number of hydrogen-bond acceptors (Lipinski definition) is 5. The van der Waals surface area contributed by atoms with E-state index in [9.17, 15) is 4.79 Å². The number of rotatable bonds is 4. The molecule has 3 aromatic heterocycles. The van der Waals surface area contributed by atoms with E-state index in [4.69, 9.17) is 0 Å². The van der Waals surface area contributed by atoms with E-state index >= 15 is 0 Å². The van der Waals surface area contributed by atoms with Gasteiger partial charge in [0.2, 0.25) is 0 Å². The largest absolute Gasteiger partial charge is 0.306 e. The van der Waals surface area contributed by atoms with E-state index in [0.29, 0.717) is 12.4 Å². The molecule has 1 N–H and O–H groups in total. The SMILES string of the molecule is C=Cn1cc(CN2CCc3nc(-c4cccnc4)[nH]c(=O)c3C2)c(C)n1. The molecule has 0 unspecified atom stereocenters. The van der Waals surface area contributed by atoms with Gasteiger partial charge in [-0.15, -0.1) is 0 Å². The molecule has 3 aromatic rings. The van der Waals surface area contributed by atoms with Gasteiger partial charge in [0.1, 0.15) is 5.82 Å². The van der Waals surface area contributed by atoms with Crippen LogP contribution in [0.15, 0.2) is 42.1 Å². The second kappa shape index (κ2) is 6.68. The first-order chi connectivity index (χ1) is 12.6. The smallest absolute Gasteiger partial charge is 0.255 e. The first-order valence-electron chi connectivity index (χ1n) is 8.56. The highest BCUT2D eigenvalue weighted by Gasteiger charge is 2.22. The molecule has 1 aliphatic rings. The van der Waals surface area contributed by atoms with Crippen LogP contribution in [0.25, 0.3) is 17.6 Å². The lowest BCUT2D eigenvalue weighted by atomic mass is 10.1. The predicted molar refractivity (Wildman–Crippen MR) is 99.3 cm³/mol. The highest BCUT2D eigenvalue weighted by molar-refractivity contribution is 5.53. The molecule has 0 aromatic carbocycles. The van der Waals surface area contributed by atoms with Crippen molar-refractivity contribution in [2.45, 2.75) is 26.4 Å². The van der Waals surface area contributed by atoms with Gasteiger partial charge in [0.25, 0.3) is 5.56 Å². The van der Waals surface area contributed by atoms with E-state index in [1.807, 2.05) is 25.3 Å². The van der Waals surface area contributed by atoms with Crippen molar-refractivity contribution in [1.29, 1.82) is 0 Å². The van der Waals surface area contributed by atoms with Crippen LogP contribution in [0.5, 0.6) is 0 Å². The van der Waals surface area contributed by atoms with Crippen LogP contribution in [0.2, 0.25) is 0 Å². The van der Waals surface area contributed by atoms with Gasteiger partial charge in [0.05, 0.1) is 17.0 Å². The third kappa shape index (κ3) is 3.09. The second-order valence-corrected chi connectivity index (χ2v) is 6.44. The van der Waals surface area contributed by atoms with Gasteiger partial charge in [-0.1, -0.05) is 6.58 Å². The molecule has 132 valence electrons. The number of aromatic amines is 1. The van der Waals surface area contributed by atoms with E-state index in [1.54, 1.807) is 23.3 Å². The third-order valence-electron chi connectivity index (χ3n) is 4.68. The van der Waals surface area contributed by atoms with E-state index < -0.39 is 0 Å². The standard InChI is InChI=1S/C19H20N6O/c1-3-25-11-15(13(2)23-25)10-24-8-6-17-16(12-24)19(26)22-18(21-17)14-5-4-7-20-9-14/h3-5,7,9,11H,1,6,8,10,12H2,2H3,(H,21,22,26). The summed E-state index contributed by atoms with van der Waals surface area (Å²) in [5, 5.41) is 4.39. The highest BCUT2D eigenvalue weighted by atomic mass is 16.1. The molecule has 7 heteroatoms. The minimum absolute atomic E-state index is 0.0722. The van der Waals surface area contributed by atoms with Crippen LogP contribution in [0.1, 0.15) is 22.5 Å². The Labute approximate surface area is 151 Å². The Hall–Kier alpha value is -3.06. The first kappa shape index (κ1) is 16.4. The fourth-order valence-corrected chi connectivity index (χ4v) is 3.26. The van der Waals surface area contributed by atoms with Crippen molar-refractivity contribution in [2.24, 2.45) is 0 Å². The zero-order chi connectivity index (χ0) is 18.1. The summed E-state index contributed by atoms with van der Waals surface area (Å²) in [6, 6.07) is 3.73. The van der Waals surface area contributed by atoms with Crippen LogP contribution >= 0.6 is 0 Å². The summed E-state index contributed by atoms with van der Waals surface area (Å²) in [6.45, 7) is 7.92. The van der Waals surface area contributed by atoms with E-state index in [2.05, 4.69) is 31.5 Å². The van der Waals surface area contributed by atoms with Crippen molar-refractivity contribution in [2.75, 3.05) is 6.54 Å². The Morgan fingerprint density at radius 2 is 2.31 bits per heavy atom. The monoisotopic (exact) mass is 348 g/mol. The van der Waals surface area contributed by atoms with Gasteiger partial charge < -0.3 is 4.98 Å². The Morgan fingerprint density at radius 1 is 1.42 bits per heavy atom. The fraction of sp³-hybridized carbons (Fsp3) is 0.263. The lowest BCUT2D eigenvalue weighted by molar-refractivity contribution is 0.241. The Balaban J connectivity index is 1.58. The average molecular weight is 348 g/mol. The number of H-pyrrole nitrogens is 1. The molecule has 0 bridgehead atoms. The molecular formula is C19H20N6O. The molecule has 0 amide bonds. The third-order valence-corrected chi connectivity index (χ3v) is 4.68. The quantitative estimate of drug-likeness (QED) is 0.780. The van der Waals surface area contributed by atoms with Crippen molar-refractivity contribution in [3.8, 4) is 11.4 Å². The second-order valence-electron chi connectivity index (χ2n) is 6.44. The number of nitrogens with one attached hydrogen (secondary N) is 1. The summed E-state index contributed by atoms with van der Waals surface area (Å²) in [5.41, 5.74) is 4.50. The van der Waals surface area contributed by atoms with Gasteiger partial charge in [-0.2, -0.15) is 5.10 Å². The van der Waals surface area contributed by atoms with Crippen LogP contribution in [-0.4, -0.2) is 36.2 Å². The van der Waals surface area contributed by atoms with Gasteiger partial charge in [0.15, 0.2) is 0 Å². The normalized spacial score (nSPS) is 14.2. The molecule has 4 heterocycles. The maximum Gasteiger partial charge on any atom is 0.255 e. The molecule has 7 nitrogen and oxygen atoms in total. The summed E-state index contributed by atoms with van der Waals surface area (Å²) in [7, 11) is 0. The molecule has 0 radical (unpaired) electrons. The van der Waals surface area contributed by atoms with E-state index in [-0.39, 0.29) is 5.56 Å². The zero-order valence-electron chi connectivity index (χ0n) is 14.6. The van der Waals surface area contributed by atoms with Crippen LogP contribution in [-0.2, 0) is 19.5 Å². The van der Waals surface area contributed by atoms with E-state index in [1.165, 1.54) is 0 Å². The summed E-state index contributed by atoms with van der Waals surface area (Å²) in [4.78, 5) is 26.5. The molecular weight excluding hydrogens is 328 g/mol. The van der Waals surface area contributed by atoms with Crippen molar-refractivity contribution in [3.05, 3.63) is 70.2 Å². The van der Waals surface area contributed by atoms with Crippen LogP contribution in [0.4, 0.5) is 0 Å². The van der Waals surface area contributed by atoms with Gasteiger partial charge >= 0.3 is 0 Å². The zero-order valence-corrected chi connectivity index (χ0v) is 14.6. The minimum Gasteiger partial charge on any atom is -0.306 e. The van der Waals surface area contributed by atoms with Crippen LogP contribution < -0.4 is 5.56 Å². The van der Waals surface area contributed by atoms with Crippen molar-refractivity contribution < 1.29 is 0 Å². The number of fused-ring (bicyclic) bond motifs is 1. The van der Waals surface area contributed by atoms with Crippen molar-refractivity contribution in [1.82, 2.24) is 29.6 Å². The molecule has 0 saturated carbocycles. The molecule has 4 rings (SSSR count). The van der Waals surface area contributed by atoms with Crippen LogP contribution in [0, 0.1) is 6.92 Å². The van der Waals surface area contributed by atoms with Gasteiger partial charge in [0, 0.05) is 62.0 Å². The number of aromatic nitrogens is 5. The molecule has 26 heavy (non-hydrogen) atoms. The lowest BCUT2D eigenvalue weighted by Gasteiger charge is -2.27. The number of pyridine rings is 1. The number of nitrogens with zero attached hydrogens (tertiary/aromatic N) is 5. The van der Waals surface area contributed by atoms with Gasteiger partial charge in [-0.05, 0) is 19.1 Å². The van der Waals surface area contributed by atoms with Crippen molar-refractivity contribution in [3.63, 3.8) is 0 Å². The van der Waals surface area contributed by atoms with Crippen molar-refractivity contribution >= 4 is 6.20 Å². The van der Waals surface area contributed by atoms with Gasteiger partial charge in [-0.3, -0.25) is 14.7 Å². The molecule has 0 aliphatic carbocycles. The Kier molecular flexibility index (Phi) is 4.22. The molecule has 0 saturated heterocycles. The average Bonchev–Trinajstić information content (AvgIpc) is 3.02. The van der Waals surface area contributed by atoms with Crippen LogP contribution in [0.3, 0.4) is 0 Å². The topological polar surface area (TPSA) is 79.7 Å². The van der Waals surface area contributed by atoms with Gasteiger partial charge in [-0.25, -0.2) is 9.67 Å².